The van der Waals surface area contributed by atoms with Crippen molar-refractivity contribution in [2.45, 2.75) is 11.4 Å². The summed E-state index contributed by atoms with van der Waals surface area (Å²) in [5.41, 5.74) is -12.9. The van der Waals surface area contributed by atoms with Gasteiger partial charge in [0.1, 0.15) is 58.4 Å². The molecule has 0 fully saturated rings. The Morgan fingerprint density at radius 2 is 0.765 bits per heavy atom. The largest absolute Gasteiger partial charge is 0.420 e. The molecular formula is C42H15BF20N2O2S. The Hall–Kier alpha value is -7.12. The molecule has 0 radical (unpaired) electrons. The third kappa shape index (κ3) is 8.33. The molecule has 0 saturated heterocycles. The van der Waals surface area contributed by atoms with E-state index in [0.717, 1.165) is 5.56 Å². The Morgan fingerprint density at radius 3 is 1.10 bits per heavy atom. The van der Waals surface area contributed by atoms with Crippen LogP contribution in [0.5, 0.6) is 5.75 Å². The molecule has 6 aromatic carbocycles. The Labute approximate surface area is 371 Å². The Morgan fingerprint density at radius 1 is 0.456 bits per heavy atom. The summed E-state index contributed by atoms with van der Waals surface area (Å²) >= 11 is 4.27. The maximum atomic E-state index is 15.4. The molecule has 26 heteroatoms. The summed E-state index contributed by atoms with van der Waals surface area (Å²) in [7, 11) is 0. The predicted octanol–water partition coefficient (Wildman–Crippen LogP) is 8.77. The van der Waals surface area contributed by atoms with Crippen LogP contribution in [0, 0.1) is 116 Å². The molecule has 0 atom stereocenters. The number of hydrogen-bond donors (Lipinski definition) is 1. The van der Waals surface area contributed by atoms with Crippen LogP contribution in [0.15, 0.2) is 78.1 Å². The lowest BCUT2D eigenvalue weighted by molar-refractivity contribution is -0.689. The minimum atomic E-state index is -7.22. The van der Waals surface area contributed by atoms with Gasteiger partial charge in [-0.1, -0.05) is 42.5 Å². The molecular weight excluding hydrogens is 987 g/mol. The van der Waals surface area contributed by atoms with Crippen LogP contribution in [0.4, 0.5) is 87.8 Å². The van der Waals surface area contributed by atoms with Gasteiger partial charge in [0, 0.05) is 10.5 Å². The number of carbonyl (C=O) groups is 1. The van der Waals surface area contributed by atoms with E-state index in [2.05, 4.69) is 17.6 Å². The molecule has 4 nitrogen and oxygen atoms in total. The van der Waals surface area contributed by atoms with Crippen LogP contribution < -0.4 is 31.2 Å². The van der Waals surface area contributed by atoms with E-state index in [1.54, 1.807) is 30.6 Å². The monoisotopic (exact) mass is 1000 g/mol. The molecule has 0 aliphatic rings. The molecule has 0 amide bonds. The van der Waals surface area contributed by atoms with Gasteiger partial charge in [0.2, 0.25) is 11.9 Å². The first-order valence-electron chi connectivity index (χ1n) is 18.0. The molecule has 0 N–H and O–H groups in total. The minimum Gasteiger partial charge on any atom is -0.420 e. The first kappa shape index (κ1) is 50.3. The SMILES string of the molecule is Fc1c(F)c(F)c([B-](c2c(F)c(F)c(F)c(F)c2F)(c2c(F)c(F)c(F)c(F)c2F)c2c(F)c(F)c(F)c(F)c2F)c(F)c1F.O=C(Oc1ccccc1S)c1c[n+](Cc2ccccc2)ccn1. The lowest BCUT2D eigenvalue weighted by atomic mass is 9.12. The van der Waals surface area contributed by atoms with Gasteiger partial charge in [-0.2, -0.15) is 4.57 Å². The summed E-state index contributed by atoms with van der Waals surface area (Å²) in [6.07, 6.45) is -2.13. The van der Waals surface area contributed by atoms with Gasteiger partial charge >= 0.3 is 5.97 Å². The summed E-state index contributed by atoms with van der Waals surface area (Å²) in [6, 6.07) is 17.1. The van der Waals surface area contributed by atoms with Gasteiger partial charge in [-0.3, -0.25) is 0 Å². The quantitative estimate of drug-likeness (QED) is 0.0242. The maximum absolute atomic E-state index is 15.4. The fourth-order valence-electron chi connectivity index (χ4n) is 7.00. The van der Waals surface area contributed by atoms with E-state index < -0.39 is 150 Å². The minimum absolute atomic E-state index is 0.250. The number of esters is 1. The van der Waals surface area contributed by atoms with E-state index in [1.165, 1.54) is 0 Å². The van der Waals surface area contributed by atoms with Crippen molar-refractivity contribution in [3.05, 3.63) is 201 Å². The molecule has 0 aliphatic carbocycles. The van der Waals surface area contributed by atoms with Crippen LogP contribution in [-0.2, 0) is 6.54 Å². The smallest absolute Gasteiger partial charge is 0.368 e. The van der Waals surface area contributed by atoms with E-state index >= 15 is 35.1 Å². The van der Waals surface area contributed by atoms with E-state index in [1.807, 2.05) is 47.2 Å². The van der Waals surface area contributed by atoms with Gasteiger partial charge < -0.3 is 4.74 Å². The van der Waals surface area contributed by atoms with Crippen molar-refractivity contribution >= 4 is 46.6 Å². The molecule has 0 aliphatic heterocycles. The van der Waals surface area contributed by atoms with Gasteiger partial charge in [-0.05, 0) is 12.1 Å². The van der Waals surface area contributed by atoms with Crippen LogP contribution in [0.3, 0.4) is 0 Å². The van der Waals surface area contributed by atoms with Crippen LogP contribution in [-0.4, -0.2) is 17.1 Å². The van der Waals surface area contributed by atoms with Crippen molar-refractivity contribution in [2.75, 3.05) is 0 Å². The van der Waals surface area contributed by atoms with Crippen molar-refractivity contribution in [1.29, 1.82) is 0 Å². The Kier molecular flexibility index (Phi) is 14.2. The molecule has 7 aromatic rings. The number of benzene rings is 6. The summed E-state index contributed by atoms with van der Waals surface area (Å²) in [4.78, 5) is 16.9. The molecule has 1 aromatic heterocycles. The second kappa shape index (κ2) is 19.2. The van der Waals surface area contributed by atoms with Gasteiger partial charge in [0.15, 0.2) is 82.5 Å². The number of rotatable bonds is 8. The van der Waals surface area contributed by atoms with Crippen LogP contribution in [0.1, 0.15) is 16.1 Å². The molecule has 68 heavy (non-hydrogen) atoms. The number of carbonyl (C=O) groups excluding carboxylic acids is 1. The molecule has 0 saturated carbocycles. The zero-order chi connectivity index (χ0) is 50.4. The zero-order valence-electron chi connectivity index (χ0n) is 32.4. The highest BCUT2D eigenvalue weighted by molar-refractivity contribution is 7.80. The molecule has 1 heterocycles. The topological polar surface area (TPSA) is 43.1 Å². The number of thiol groups is 1. The average Bonchev–Trinajstić information content (AvgIpc) is 3.32. The van der Waals surface area contributed by atoms with Crippen LogP contribution in [0.25, 0.3) is 0 Å². The van der Waals surface area contributed by atoms with Crippen LogP contribution >= 0.6 is 12.6 Å². The second-order valence-corrected chi connectivity index (χ2v) is 14.2. The summed E-state index contributed by atoms with van der Waals surface area (Å²) in [6.45, 7) is 0.660. The lowest BCUT2D eigenvalue weighted by Gasteiger charge is -2.44. The molecule has 0 bridgehead atoms. The number of hydrogen-bond acceptors (Lipinski definition) is 4. The van der Waals surface area contributed by atoms with E-state index in [4.69, 9.17) is 4.74 Å². The summed E-state index contributed by atoms with van der Waals surface area (Å²) in [5, 5.41) is 0. The van der Waals surface area contributed by atoms with Crippen molar-refractivity contribution < 1.29 is 102 Å². The highest BCUT2D eigenvalue weighted by Gasteiger charge is 2.52. The van der Waals surface area contributed by atoms with Gasteiger partial charge in [0.05, 0.1) is 6.20 Å². The fraction of sp³-hybridized carbons (Fsp3) is 0.0238. The number of nitrogens with zero attached hydrogens (tertiary/aromatic N) is 2. The number of halogens is 20. The summed E-state index contributed by atoms with van der Waals surface area (Å²) < 4.78 is 301. The first-order valence-corrected chi connectivity index (χ1v) is 18.5. The van der Waals surface area contributed by atoms with E-state index in [-0.39, 0.29) is 5.69 Å². The summed E-state index contributed by atoms with van der Waals surface area (Å²) in [5.74, 6) is -71.5. The molecule has 0 spiro atoms. The number of aromatic nitrogens is 2. The molecule has 354 valence electrons. The van der Waals surface area contributed by atoms with E-state index in [9.17, 15) is 57.5 Å². The highest BCUT2D eigenvalue weighted by Crippen LogP contribution is 2.31. The zero-order valence-corrected chi connectivity index (χ0v) is 33.3. The van der Waals surface area contributed by atoms with Gasteiger partial charge in [0.25, 0.3) is 0 Å². The maximum Gasteiger partial charge on any atom is 0.368 e. The Bertz CT molecular complexity index is 2800. The van der Waals surface area contributed by atoms with Gasteiger partial charge in [-0.25, -0.2) is 97.6 Å². The van der Waals surface area contributed by atoms with Crippen molar-refractivity contribution in [1.82, 2.24) is 4.98 Å². The standard InChI is InChI=1S/C24BF20.C18H14N2O2S/c26-5-1(6(27)14(35)21(42)13(5)34)25(2-7(28)15(36)22(43)16(37)8(2)29,3-9(30)17(38)23(44)18(39)10(3)31)4-11(32)19(40)24(45)20(41)12(4)33;21-18(22-16-8-4-5-9-17(16)23)15-13-20(11-10-19-15)12-14-6-2-1-3-7-14/h;1-11,13H,12H2/q-1;/p+1. The van der Waals surface area contributed by atoms with Crippen molar-refractivity contribution in [2.24, 2.45) is 0 Å². The van der Waals surface area contributed by atoms with Crippen LogP contribution in [0.2, 0.25) is 0 Å². The average molecular weight is 1000 g/mol. The Balaban J connectivity index is 0.000000276. The highest BCUT2D eigenvalue weighted by atomic mass is 32.1. The number of ether oxygens (including phenoxy) is 1. The molecule has 0 unspecified atom stereocenters. The fourth-order valence-corrected chi connectivity index (χ4v) is 7.21. The van der Waals surface area contributed by atoms with Crippen molar-refractivity contribution in [3.63, 3.8) is 0 Å². The van der Waals surface area contributed by atoms with Gasteiger partial charge in [-0.15, -0.1) is 34.5 Å². The predicted molar refractivity (Wildman–Crippen MR) is 198 cm³/mol. The molecule has 7 rings (SSSR count). The van der Waals surface area contributed by atoms with E-state index in [0.29, 0.717) is 17.2 Å². The van der Waals surface area contributed by atoms with Crippen molar-refractivity contribution in [3.8, 4) is 5.75 Å². The lowest BCUT2D eigenvalue weighted by Crippen LogP contribution is -2.81. The normalized spacial score (nSPS) is 11.4. The third-order valence-corrected chi connectivity index (χ3v) is 10.3. The third-order valence-electron chi connectivity index (χ3n) is 9.95. The number of para-hydroxylation sites is 1. The first-order chi connectivity index (χ1) is 31.9. The second-order valence-electron chi connectivity index (χ2n) is 13.8.